The molecule has 0 fully saturated rings. The van der Waals surface area contributed by atoms with Crippen molar-refractivity contribution in [2.24, 2.45) is 5.10 Å². The van der Waals surface area contributed by atoms with Crippen molar-refractivity contribution in [2.75, 3.05) is 20.8 Å². The smallest absolute Gasteiger partial charge is 0.343 e. The van der Waals surface area contributed by atoms with Gasteiger partial charge in [0.2, 0.25) is 5.91 Å². The van der Waals surface area contributed by atoms with Crippen LogP contribution in [-0.4, -0.2) is 44.8 Å². The van der Waals surface area contributed by atoms with Gasteiger partial charge in [0.1, 0.15) is 5.75 Å². The van der Waals surface area contributed by atoms with Gasteiger partial charge in [0, 0.05) is 6.42 Å². The summed E-state index contributed by atoms with van der Waals surface area (Å²) in [4.78, 5) is 36.5. The number of carbonyl (C=O) groups is 3. The maximum absolute atomic E-state index is 12.5. The number of carbonyl (C=O) groups excluding carboxylic acids is 3. The number of benzene rings is 2. The van der Waals surface area contributed by atoms with Gasteiger partial charge < -0.3 is 19.5 Å². The summed E-state index contributed by atoms with van der Waals surface area (Å²) in [6, 6.07) is 11.4. The Morgan fingerprint density at radius 1 is 0.756 bits per heavy atom. The predicted molar refractivity (Wildman–Crippen MR) is 161 cm³/mol. The fraction of sp³-hybridized carbons (Fsp3) is 0.500. The van der Waals surface area contributed by atoms with Gasteiger partial charge in [-0.25, -0.2) is 10.2 Å². The summed E-state index contributed by atoms with van der Waals surface area (Å²) in [6.07, 6.45) is 15.3. The van der Waals surface area contributed by atoms with E-state index in [2.05, 4.69) is 22.8 Å². The van der Waals surface area contributed by atoms with Crippen LogP contribution in [0.2, 0.25) is 0 Å². The quantitative estimate of drug-likeness (QED) is 0.0648. The molecule has 2 amide bonds. The molecular weight excluding hydrogens is 522 g/mol. The molecule has 41 heavy (non-hydrogen) atoms. The minimum atomic E-state index is -0.537. The Morgan fingerprint density at radius 2 is 1.39 bits per heavy atom. The zero-order valence-corrected chi connectivity index (χ0v) is 24.7. The summed E-state index contributed by atoms with van der Waals surface area (Å²) < 4.78 is 15.9. The molecule has 2 rings (SSSR count). The van der Waals surface area contributed by atoms with Gasteiger partial charge in [-0.2, -0.15) is 5.10 Å². The molecule has 0 aliphatic heterocycles. The lowest BCUT2D eigenvalue weighted by molar-refractivity contribution is -0.126. The Labute approximate surface area is 244 Å². The summed E-state index contributed by atoms with van der Waals surface area (Å²) >= 11 is 0. The maximum atomic E-state index is 12.5. The monoisotopic (exact) mass is 567 g/mol. The van der Waals surface area contributed by atoms with Crippen LogP contribution in [0, 0.1) is 0 Å². The Balaban J connectivity index is 1.64. The number of nitrogens with zero attached hydrogens (tertiary/aromatic N) is 1. The van der Waals surface area contributed by atoms with E-state index in [-0.39, 0.29) is 18.2 Å². The molecule has 9 nitrogen and oxygen atoms in total. The molecule has 0 radical (unpaired) electrons. The number of hydrogen-bond donors (Lipinski definition) is 2. The topological polar surface area (TPSA) is 115 Å². The molecule has 224 valence electrons. The zero-order chi connectivity index (χ0) is 29.7. The first-order valence-electron chi connectivity index (χ1n) is 14.6. The summed E-state index contributed by atoms with van der Waals surface area (Å²) in [6.45, 7) is 2.09. The second-order valence-electron chi connectivity index (χ2n) is 9.88. The first-order valence-corrected chi connectivity index (χ1v) is 14.6. The predicted octanol–water partition coefficient (Wildman–Crippen LogP) is 6.19. The molecule has 0 saturated carbocycles. The fourth-order valence-corrected chi connectivity index (χ4v) is 4.17. The van der Waals surface area contributed by atoms with E-state index in [9.17, 15) is 14.4 Å². The third kappa shape index (κ3) is 13.8. The molecule has 0 heterocycles. The molecule has 0 saturated heterocycles. The van der Waals surface area contributed by atoms with Crippen molar-refractivity contribution in [1.29, 1.82) is 0 Å². The third-order valence-electron chi connectivity index (χ3n) is 6.57. The van der Waals surface area contributed by atoms with E-state index in [1.165, 1.54) is 64.7 Å². The van der Waals surface area contributed by atoms with E-state index in [4.69, 9.17) is 14.2 Å². The van der Waals surface area contributed by atoms with Crippen molar-refractivity contribution < 1.29 is 28.6 Å². The highest BCUT2D eigenvalue weighted by Crippen LogP contribution is 2.28. The fourth-order valence-electron chi connectivity index (χ4n) is 4.17. The molecule has 0 aliphatic rings. The average molecular weight is 568 g/mol. The number of ether oxygens (including phenoxy) is 3. The second-order valence-corrected chi connectivity index (χ2v) is 9.88. The van der Waals surface area contributed by atoms with Gasteiger partial charge >= 0.3 is 5.97 Å². The van der Waals surface area contributed by atoms with Gasteiger partial charge in [-0.1, -0.05) is 71.1 Å². The molecule has 0 atom stereocenters. The summed E-state index contributed by atoms with van der Waals surface area (Å²) in [7, 11) is 3.01. The van der Waals surface area contributed by atoms with Crippen molar-refractivity contribution >= 4 is 24.0 Å². The normalized spacial score (nSPS) is 10.8. The number of rotatable bonds is 20. The van der Waals surface area contributed by atoms with Crippen LogP contribution in [0.1, 0.15) is 99.9 Å². The van der Waals surface area contributed by atoms with Crippen LogP contribution in [-0.2, 0) is 9.59 Å². The van der Waals surface area contributed by atoms with Crippen molar-refractivity contribution in [3.05, 3.63) is 53.6 Å². The second kappa shape index (κ2) is 20.1. The van der Waals surface area contributed by atoms with Crippen LogP contribution < -0.4 is 25.0 Å². The minimum Gasteiger partial charge on any atom is -0.497 e. The third-order valence-corrected chi connectivity index (χ3v) is 6.57. The van der Waals surface area contributed by atoms with E-state index in [0.29, 0.717) is 29.0 Å². The Hall–Kier alpha value is -3.88. The van der Waals surface area contributed by atoms with Gasteiger partial charge in [0.25, 0.3) is 5.91 Å². The lowest BCUT2D eigenvalue weighted by atomic mass is 10.1. The molecule has 2 N–H and O–H groups in total. The van der Waals surface area contributed by atoms with E-state index < -0.39 is 11.9 Å². The highest BCUT2D eigenvalue weighted by molar-refractivity contribution is 5.92. The molecule has 2 aromatic carbocycles. The van der Waals surface area contributed by atoms with E-state index in [1.54, 1.807) is 49.6 Å². The Kier molecular flexibility index (Phi) is 16.3. The standard InChI is InChI=1S/C32H45N3O6/c1-4-5-6-7-8-9-10-11-12-13-14-15-30(36)33-24-31(37)35-34-23-25-16-21-28(29(22-25)40-3)41-32(38)26-17-19-27(39-2)20-18-26/h16-23H,4-15,24H2,1-3H3,(H,33,36)(H,35,37). The number of hydrazone groups is 1. The van der Waals surface area contributed by atoms with E-state index >= 15 is 0 Å². The Bertz CT molecular complexity index is 1100. The minimum absolute atomic E-state index is 0.135. The summed E-state index contributed by atoms with van der Waals surface area (Å²) in [5.74, 6) is 0.115. The van der Waals surface area contributed by atoms with Crippen LogP contribution >= 0.6 is 0 Å². The average Bonchev–Trinajstić information content (AvgIpc) is 2.99. The highest BCUT2D eigenvalue weighted by atomic mass is 16.6. The van der Waals surface area contributed by atoms with Crippen molar-refractivity contribution in [3.8, 4) is 17.2 Å². The number of unbranched alkanes of at least 4 members (excludes halogenated alkanes) is 10. The summed E-state index contributed by atoms with van der Waals surface area (Å²) in [5.41, 5.74) is 3.38. The first kappa shape index (κ1) is 33.3. The first-order chi connectivity index (χ1) is 20.0. The van der Waals surface area contributed by atoms with Gasteiger partial charge in [-0.15, -0.1) is 0 Å². The van der Waals surface area contributed by atoms with Crippen LogP contribution in [0.25, 0.3) is 0 Å². The zero-order valence-electron chi connectivity index (χ0n) is 24.7. The van der Waals surface area contributed by atoms with Gasteiger partial charge in [0.15, 0.2) is 11.5 Å². The largest absolute Gasteiger partial charge is 0.497 e. The van der Waals surface area contributed by atoms with Crippen LogP contribution in [0.4, 0.5) is 0 Å². The van der Waals surface area contributed by atoms with Crippen LogP contribution in [0.3, 0.4) is 0 Å². The highest BCUT2D eigenvalue weighted by Gasteiger charge is 2.13. The number of nitrogens with one attached hydrogen (secondary N) is 2. The lowest BCUT2D eigenvalue weighted by Crippen LogP contribution is -2.34. The maximum Gasteiger partial charge on any atom is 0.343 e. The van der Waals surface area contributed by atoms with Crippen LogP contribution in [0.5, 0.6) is 17.2 Å². The summed E-state index contributed by atoms with van der Waals surface area (Å²) in [5, 5.41) is 6.56. The van der Waals surface area contributed by atoms with Crippen LogP contribution in [0.15, 0.2) is 47.6 Å². The molecule has 9 heteroatoms. The van der Waals surface area contributed by atoms with Gasteiger partial charge in [-0.05, 0) is 54.4 Å². The molecule has 2 aromatic rings. The van der Waals surface area contributed by atoms with Gasteiger partial charge in [0.05, 0.1) is 32.5 Å². The number of amides is 2. The molecule has 0 unspecified atom stereocenters. The Morgan fingerprint density at radius 3 is 2.00 bits per heavy atom. The number of hydrogen-bond acceptors (Lipinski definition) is 7. The van der Waals surface area contributed by atoms with Gasteiger partial charge in [-0.3, -0.25) is 9.59 Å². The van der Waals surface area contributed by atoms with Crippen molar-refractivity contribution in [3.63, 3.8) is 0 Å². The van der Waals surface area contributed by atoms with E-state index in [0.717, 1.165) is 19.3 Å². The number of methoxy groups -OCH3 is 2. The lowest BCUT2D eigenvalue weighted by Gasteiger charge is -2.10. The molecule has 0 bridgehead atoms. The van der Waals surface area contributed by atoms with E-state index in [1.807, 2.05) is 0 Å². The SMILES string of the molecule is CCCCCCCCCCCCCC(=O)NCC(=O)NN=Cc1ccc(OC(=O)c2ccc(OC)cc2)c(OC)c1. The molecule has 0 spiro atoms. The van der Waals surface area contributed by atoms with Crippen molar-refractivity contribution in [2.45, 2.75) is 84.0 Å². The molecule has 0 aliphatic carbocycles. The molecule has 0 aromatic heterocycles. The number of esters is 1. The molecular formula is C32H45N3O6. The van der Waals surface area contributed by atoms with Crippen molar-refractivity contribution in [1.82, 2.24) is 10.7 Å².